The molecule has 0 N–H and O–H groups in total. The number of fused-ring (bicyclic) bond motifs is 1. The average Bonchev–Trinajstić information content (AvgIpc) is 2.73. The third-order valence-electron chi connectivity index (χ3n) is 3.85. The summed E-state index contributed by atoms with van der Waals surface area (Å²) in [6, 6.07) is 12.2. The fraction of sp³-hybridized carbons (Fsp3) is 0.333. The molecule has 1 aliphatic rings. The van der Waals surface area contributed by atoms with E-state index in [4.69, 9.17) is 27.9 Å². The minimum atomic E-state index is -0.171. The highest BCUT2D eigenvalue weighted by Gasteiger charge is 2.30. The van der Waals surface area contributed by atoms with Gasteiger partial charge in [-0.25, -0.2) is 0 Å². The summed E-state index contributed by atoms with van der Waals surface area (Å²) in [6.45, 7) is 6.20. The van der Waals surface area contributed by atoms with Crippen LogP contribution in [-0.4, -0.2) is 5.60 Å². The highest BCUT2D eigenvalue weighted by atomic mass is 35.5. The number of alkyl halides is 1. The van der Waals surface area contributed by atoms with Crippen molar-refractivity contribution in [3.63, 3.8) is 0 Å². The molecule has 3 heteroatoms. The second-order valence-electron chi connectivity index (χ2n) is 6.28. The zero-order chi connectivity index (χ0) is 15.2. The molecule has 1 atom stereocenters. The van der Waals surface area contributed by atoms with Crippen molar-refractivity contribution in [3.8, 4) is 5.75 Å². The monoisotopic (exact) mass is 320 g/mol. The SMILES string of the molecule is Cc1cc(C(Cl)c2ccc3c(c2)CC(C)(C)O3)ccc1Cl. The lowest BCUT2D eigenvalue weighted by molar-refractivity contribution is 0.138. The van der Waals surface area contributed by atoms with E-state index >= 15 is 0 Å². The third kappa shape index (κ3) is 2.90. The van der Waals surface area contributed by atoms with Crippen LogP contribution in [0.2, 0.25) is 5.02 Å². The van der Waals surface area contributed by atoms with Gasteiger partial charge in [-0.3, -0.25) is 0 Å². The number of ether oxygens (including phenoxy) is 1. The van der Waals surface area contributed by atoms with Crippen molar-refractivity contribution >= 4 is 23.2 Å². The molecule has 0 amide bonds. The van der Waals surface area contributed by atoms with Gasteiger partial charge in [0.2, 0.25) is 0 Å². The Labute approximate surface area is 135 Å². The lowest BCUT2D eigenvalue weighted by atomic mass is 9.97. The van der Waals surface area contributed by atoms with E-state index in [1.54, 1.807) is 0 Å². The van der Waals surface area contributed by atoms with E-state index in [2.05, 4.69) is 19.9 Å². The Kier molecular flexibility index (Phi) is 3.67. The molecule has 0 saturated heterocycles. The Balaban J connectivity index is 1.93. The normalized spacial score (nSPS) is 17.2. The highest BCUT2D eigenvalue weighted by molar-refractivity contribution is 6.31. The van der Waals surface area contributed by atoms with E-state index in [0.29, 0.717) is 0 Å². The third-order valence-corrected chi connectivity index (χ3v) is 4.78. The first-order chi connectivity index (χ1) is 9.85. The van der Waals surface area contributed by atoms with Crippen LogP contribution in [0.25, 0.3) is 0 Å². The van der Waals surface area contributed by atoms with Crippen molar-refractivity contribution in [2.45, 2.75) is 38.2 Å². The Hall–Kier alpha value is -1.18. The molecule has 0 aromatic heterocycles. The topological polar surface area (TPSA) is 9.23 Å². The average molecular weight is 321 g/mol. The van der Waals surface area contributed by atoms with Crippen LogP contribution in [-0.2, 0) is 6.42 Å². The largest absolute Gasteiger partial charge is 0.487 e. The molecule has 0 radical (unpaired) electrons. The second-order valence-corrected chi connectivity index (χ2v) is 7.12. The molecular formula is C18H18Cl2O. The molecular weight excluding hydrogens is 303 g/mol. The fourth-order valence-corrected chi connectivity index (χ4v) is 3.19. The van der Waals surface area contributed by atoms with E-state index < -0.39 is 0 Å². The van der Waals surface area contributed by atoms with Gasteiger partial charge < -0.3 is 4.74 Å². The van der Waals surface area contributed by atoms with Crippen molar-refractivity contribution in [2.24, 2.45) is 0 Å². The van der Waals surface area contributed by atoms with Crippen LogP contribution in [0.1, 0.15) is 41.5 Å². The molecule has 2 aromatic rings. The first-order valence-electron chi connectivity index (χ1n) is 7.08. The van der Waals surface area contributed by atoms with Gasteiger partial charge in [0, 0.05) is 11.4 Å². The van der Waals surface area contributed by atoms with E-state index in [9.17, 15) is 0 Å². The van der Waals surface area contributed by atoms with Crippen molar-refractivity contribution in [2.75, 3.05) is 0 Å². The molecule has 1 unspecified atom stereocenters. The van der Waals surface area contributed by atoms with Crippen molar-refractivity contribution in [3.05, 3.63) is 63.7 Å². The summed E-state index contributed by atoms with van der Waals surface area (Å²) in [5, 5.41) is 0.599. The standard InChI is InChI=1S/C18H18Cl2O/c1-11-8-12(4-6-15(11)19)17(20)13-5-7-16-14(9-13)10-18(2,3)21-16/h4-9,17H,10H2,1-3H3. The van der Waals surface area contributed by atoms with Crippen molar-refractivity contribution in [1.29, 1.82) is 0 Å². The van der Waals surface area contributed by atoms with Crippen molar-refractivity contribution in [1.82, 2.24) is 0 Å². The molecule has 0 fully saturated rings. The summed E-state index contributed by atoms with van der Waals surface area (Å²) in [5.41, 5.74) is 4.31. The van der Waals surface area contributed by atoms with Crippen LogP contribution in [0.3, 0.4) is 0 Å². The molecule has 0 bridgehead atoms. The van der Waals surface area contributed by atoms with Crippen LogP contribution in [0.4, 0.5) is 0 Å². The van der Waals surface area contributed by atoms with E-state index in [0.717, 1.165) is 33.9 Å². The lowest BCUT2D eigenvalue weighted by Gasteiger charge is -2.16. The molecule has 1 aliphatic heterocycles. The fourth-order valence-electron chi connectivity index (χ4n) is 2.81. The maximum absolute atomic E-state index is 6.64. The molecule has 21 heavy (non-hydrogen) atoms. The first-order valence-corrected chi connectivity index (χ1v) is 7.89. The smallest absolute Gasteiger partial charge is 0.123 e. The molecule has 0 spiro atoms. The van der Waals surface area contributed by atoms with Crippen LogP contribution < -0.4 is 4.74 Å². The number of benzene rings is 2. The van der Waals surface area contributed by atoms with Crippen LogP contribution in [0.5, 0.6) is 5.75 Å². The Morgan fingerprint density at radius 2 is 1.76 bits per heavy atom. The minimum Gasteiger partial charge on any atom is -0.487 e. The zero-order valence-electron chi connectivity index (χ0n) is 12.4. The predicted molar refractivity (Wildman–Crippen MR) is 88.7 cm³/mol. The molecule has 110 valence electrons. The Morgan fingerprint density at radius 1 is 1.10 bits per heavy atom. The summed E-state index contributed by atoms with van der Waals surface area (Å²) in [7, 11) is 0. The number of hydrogen-bond donors (Lipinski definition) is 0. The lowest BCUT2D eigenvalue weighted by Crippen LogP contribution is -2.24. The summed E-state index contributed by atoms with van der Waals surface area (Å²) in [5.74, 6) is 0.972. The maximum atomic E-state index is 6.64. The van der Waals surface area contributed by atoms with Gasteiger partial charge in [-0.1, -0.05) is 35.9 Å². The highest BCUT2D eigenvalue weighted by Crippen LogP contribution is 2.39. The Morgan fingerprint density at radius 3 is 2.48 bits per heavy atom. The summed E-state index contributed by atoms with van der Waals surface area (Å²) in [6.07, 6.45) is 0.916. The Bertz CT molecular complexity index is 692. The molecule has 1 heterocycles. The van der Waals surface area contributed by atoms with Crippen LogP contribution in [0, 0.1) is 6.92 Å². The van der Waals surface area contributed by atoms with Gasteiger partial charge in [-0.2, -0.15) is 0 Å². The molecule has 1 nitrogen and oxygen atoms in total. The van der Waals surface area contributed by atoms with Gasteiger partial charge in [-0.15, -0.1) is 11.6 Å². The second kappa shape index (κ2) is 5.23. The quantitative estimate of drug-likeness (QED) is 0.646. The first kappa shape index (κ1) is 14.7. The number of aryl methyl sites for hydroxylation is 1. The molecule has 0 aliphatic carbocycles. The van der Waals surface area contributed by atoms with Gasteiger partial charge in [0.1, 0.15) is 11.4 Å². The molecule has 0 saturated carbocycles. The zero-order valence-corrected chi connectivity index (χ0v) is 13.9. The summed E-state index contributed by atoms with van der Waals surface area (Å²) >= 11 is 12.7. The van der Waals surface area contributed by atoms with Gasteiger partial charge in [0.25, 0.3) is 0 Å². The van der Waals surface area contributed by atoms with Crippen LogP contribution in [0.15, 0.2) is 36.4 Å². The predicted octanol–water partition coefficient (Wildman–Crippen LogP) is 5.69. The molecule has 2 aromatic carbocycles. The van der Waals surface area contributed by atoms with Gasteiger partial charge in [-0.05, 0) is 55.2 Å². The number of rotatable bonds is 2. The van der Waals surface area contributed by atoms with Gasteiger partial charge in [0.15, 0.2) is 0 Å². The maximum Gasteiger partial charge on any atom is 0.123 e. The summed E-state index contributed by atoms with van der Waals surface area (Å²) in [4.78, 5) is 0. The van der Waals surface area contributed by atoms with E-state index in [-0.39, 0.29) is 11.0 Å². The van der Waals surface area contributed by atoms with Crippen molar-refractivity contribution < 1.29 is 4.74 Å². The minimum absolute atomic E-state index is 0.125. The summed E-state index contributed by atoms with van der Waals surface area (Å²) < 4.78 is 5.91. The molecule has 3 rings (SSSR count). The van der Waals surface area contributed by atoms with Gasteiger partial charge >= 0.3 is 0 Å². The number of hydrogen-bond acceptors (Lipinski definition) is 1. The number of halogens is 2. The van der Waals surface area contributed by atoms with Gasteiger partial charge in [0.05, 0.1) is 5.38 Å². The van der Waals surface area contributed by atoms with Crippen LogP contribution >= 0.6 is 23.2 Å². The van der Waals surface area contributed by atoms with E-state index in [1.807, 2.05) is 37.3 Å². The van der Waals surface area contributed by atoms with E-state index in [1.165, 1.54) is 5.56 Å².